The molecule has 0 aromatic carbocycles. The fourth-order valence-electron chi connectivity index (χ4n) is 1.17. The molecule has 0 aliphatic heterocycles. The predicted molar refractivity (Wildman–Crippen MR) is 51.4 cm³/mol. The first-order chi connectivity index (χ1) is 7.16. The average Bonchev–Trinajstić information content (AvgIpc) is 2.57. The van der Waals surface area contributed by atoms with Crippen molar-refractivity contribution in [3.8, 4) is 0 Å². The van der Waals surface area contributed by atoms with E-state index in [-0.39, 0.29) is 6.54 Å². The van der Waals surface area contributed by atoms with Crippen LogP contribution in [0.2, 0.25) is 0 Å². The number of H-pyrrole nitrogens is 1. The number of aryl methyl sites for hydroxylation is 1. The summed E-state index contributed by atoms with van der Waals surface area (Å²) < 4.78 is 3.06. The van der Waals surface area contributed by atoms with Crippen molar-refractivity contribution in [3.63, 3.8) is 0 Å². The summed E-state index contributed by atoms with van der Waals surface area (Å²) in [6.45, 7) is 0.284. The molecule has 78 valence electrons. The highest BCUT2D eigenvalue weighted by atomic mass is 16.2. The Hall–Kier alpha value is -2.18. The van der Waals surface area contributed by atoms with E-state index >= 15 is 0 Å². The second-order valence-corrected chi connectivity index (χ2v) is 3.10. The van der Waals surface area contributed by atoms with E-state index in [4.69, 9.17) is 0 Å². The van der Waals surface area contributed by atoms with Crippen molar-refractivity contribution in [2.45, 2.75) is 6.54 Å². The normalized spacial score (nSPS) is 10.5. The molecule has 2 rings (SSSR count). The molecule has 1 N–H and O–H groups in total. The zero-order chi connectivity index (χ0) is 10.8. The molecule has 0 unspecified atom stereocenters. The maximum Gasteiger partial charge on any atom is 0.328 e. The van der Waals surface area contributed by atoms with Crippen LogP contribution >= 0.6 is 0 Å². The van der Waals surface area contributed by atoms with Crippen LogP contribution in [0.5, 0.6) is 0 Å². The molecule has 0 aliphatic rings. The van der Waals surface area contributed by atoms with Gasteiger partial charge in [-0.3, -0.25) is 14.3 Å². The molecule has 0 saturated heterocycles. The summed E-state index contributed by atoms with van der Waals surface area (Å²) >= 11 is 0. The van der Waals surface area contributed by atoms with Gasteiger partial charge in [0.15, 0.2) is 5.82 Å². The number of rotatable bonds is 2. The van der Waals surface area contributed by atoms with Crippen molar-refractivity contribution in [2.75, 3.05) is 0 Å². The summed E-state index contributed by atoms with van der Waals surface area (Å²) in [6.07, 6.45) is 2.97. The lowest BCUT2D eigenvalue weighted by Crippen LogP contribution is -2.29. The van der Waals surface area contributed by atoms with Crippen molar-refractivity contribution < 1.29 is 0 Å². The molecule has 0 radical (unpaired) electrons. The van der Waals surface area contributed by atoms with Crippen LogP contribution < -0.4 is 11.2 Å². The van der Waals surface area contributed by atoms with E-state index in [2.05, 4.69) is 15.2 Å². The summed E-state index contributed by atoms with van der Waals surface area (Å²) in [5.74, 6) is 0.643. The maximum atomic E-state index is 11.3. The van der Waals surface area contributed by atoms with E-state index in [1.54, 1.807) is 17.9 Å². The van der Waals surface area contributed by atoms with Gasteiger partial charge in [0.2, 0.25) is 0 Å². The molecule has 0 bridgehead atoms. The molecule has 15 heavy (non-hydrogen) atoms. The molecule has 0 fully saturated rings. The summed E-state index contributed by atoms with van der Waals surface area (Å²) in [5.41, 5.74) is -0.861. The molecule has 0 saturated carbocycles. The first kappa shape index (κ1) is 9.38. The first-order valence-electron chi connectivity index (χ1n) is 4.29. The number of nitrogens with zero attached hydrogens (tertiary/aromatic N) is 4. The van der Waals surface area contributed by atoms with E-state index in [1.165, 1.54) is 16.8 Å². The van der Waals surface area contributed by atoms with Crippen LogP contribution in [0.25, 0.3) is 0 Å². The molecule has 7 nitrogen and oxygen atoms in total. The minimum atomic E-state index is -0.453. The Kier molecular flexibility index (Phi) is 2.20. The zero-order valence-corrected chi connectivity index (χ0v) is 8.04. The Morgan fingerprint density at radius 2 is 2.27 bits per heavy atom. The zero-order valence-electron chi connectivity index (χ0n) is 8.04. The lowest BCUT2D eigenvalue weighted by atomic mass is 10.5. The molecule has 0 aliphatic carbocycles. The fourth-order valence-corrected chi connectivity index (χ4v) is 1.17. The van der Waals surface area contributed by atoms with Crippen molar-refractivity contribution >= 4 is 0 Å². The van der Waals surface area contributed by atoms with E-state index in [0.29, 0.717) is 5.82 Å². The van der Waals surface area contributed by atoms with Crippen LogP contribution in [0.3, 0.4) is 0 Å². The van der Waals surface area contributed by atoms with Gasteiger partial charge < -0.3 is 4.57 Å². The Morgan fingerprint density at radius 1 is 1.47 bits per heavy atom. The third kappa shape index (κ3) is 1.85. The molecule has 2 heterocycles. The predicted octanol–water partition coefficient (Wildman–Crippen LogP) is -1.29. The van der Waals surface area contributed by atoms with Gasteiger partial charge in [0, 0.05) is 19.3 Å². The van der Waals surface area contributed by atoms with E-state index < -0.39 is 11.2 Å². The van der Waals surface area contributed by atoms with Gasteiger partial charge in [0.1, 0.15) is 6.33 Å². The van der Waals surface area contributed by atoms with Gasteiger partial charge in [-0.1, -0.05) is 0 Å². The number of hydrogen-bond acceptors (Lipinski definition) is 4. The van der Waals surface area contributed by atoms with Gasteiger partial charge >= 0.3 is 5.69 Å². The third-order valence-corrected chi connectivity index (χ3v) is 2.01. The van der Waals surface area contributed by atoms with Gasteiger partial charge in [-0.05, 0) is 0 Å². The Labute approximate surface area is 84.0 Å². The van der Waals surface area contributed by atoms with Crippen molar-refractivity contribution in [1.82, 2.24) is 24.3 Å². The molecule has 0 amide bonds. The van der Waals surface area contributed by atoms with Crippen molar-refractivity contribution in [2.24, 2.45) is 7.05 Å². The van der Waals surface area contributed by atoms with Crippen molar-refractivity contribution in [3.05, 3.63) is 45.3 Å². The molecule has 0 atom stereocenters. The lowest BCUT2D eigenvalue weighted by molar-refractivity contribution is 0.656. The van der Waals surface area contributed by atoms with Gasteiger partial charge in [-0.2, -0.15) is 0 Å². The average molecular weight is 207 g/mol. The first-order valence-corrected chi connectivity index (χ1v) is 4.29. The smallest absolute Gasteiger partial charge is 0.319 e. The Morgan fingerprint density at radius 3 is 2.87 bits per heavy atom. The Balaban J connectivity index is 2.37. The maximum absolute atomic E-state index is 11.3. The summed E-state index contributed by atoms with van der Waals surface area (Å²) in [4.78, 5) is 24.3. The van der Waals surface area contributed by atoms with Gasteiger partial charge in [-0.25, -0.2) is 4.79 Å². The molecule has 7 heteroatoms. The molecule has 2 aromatic heterocycles. The largest absolute Gasteiger partial charge is 0.328 e. The number of hydrogen-bond donors (Lipinski definition) is 1. The highest BCUT2D eigenvalue weighted by molar-refractivity contribution is 4.90. The lowest BCUT2D eigenvalue weighted by Gasteiger charge is -2.02. The number of aromatic nitrogens is 5. The molecular weight excluding hydrogens is 198 g/mol. The number of nitrogens with one attached hydrogen (secondary N) is 1. The van der Waals surface area contributed by atoms with Crippen LogP contribution in [0, 0.1) is 0 Å². The SMILES string of the molecule is Cn1cnnc1Cn1ccc(=O)[nH]c1=O. The van der Waals surface area contributed by atoms with Gasteiger partial charge in [0.05, 0.1) is 6.54 Å². The highest BCUT2D eigenvalue weighted by Crippen LogP contribution is 1.92. The monoisotopic (exact) mass is 207 g/mol. The topological polar surface area (TPSA) is 85.6 Å². The second kappa shape index (κ2) is 3.52. The summed E-state index contributed by atoms with van der Waals surface area (Å²) in [7, 11) is 1.78. The van der Waals surface area contributed by atoms with Crippen LogP contribution in [0.15, 0.2) is 28.2 Å². The van der Waals surface area contributed by atoms with Crippen LogP contribution in [0.4, 0.5) is 0 Å². The minimum absolute atomic E-state index is 0.284. The van der Waals surface area contributed by atoms with E-state index in [9.17, 15) is 9.59 Å². The standard InChI is InChI=1S/C8H9N5O2/c1-12-5-9-11-6(12)4-13-3-2-7(14)10-8(13)15/h2-3,5H,4H2,1H3,(H,10,14,15). The fraction of sp³-hybridized carbons (Fsp3) is 0.250. The summed E-state index contributed by atoms with van der Waals surface area (Å²) in [6, 6.07) is 1.29. The second-order valence-electron chi connectivity index (χ2n) is 3.10. The van der Waals surface area contributed by atoms with Crippen molar-refractivity contribution in [1.29, 1.82) is 0 Å². The minimum Gasteiger partial charge on any atom is -0.319 e. The molecule has 0 spiro atoms. The van der Waals surface area contributed by atoms with Gasteiger partial charge in [-0.15, -0.1) is 10.2 Å². The van der Waals surface area contributed by atoms with E-state index in [0.717, 1.165) is 0 Å². The highest BCUT2D eigenvalue weighted by Gasteiger charge is 2.03. The number of aromatic amines is 1. The van der Waals surface area contributed by atoms with Crippen LogP contribution in [-0.4, -0.2) is 24.3 Å². The Bertz CT molecular complexity index is 579. The quantitative estimate of drug-likeness (QED) is 0.664. The summed E-state index contributed by atoms with van der Waals surface area (Å²) in [5, 5.41) is 7.53. The third-order valence-electron chi connectivity index (χ3n) is 2.01. The van der Waals surface area contributed by atoms with Crippen LogP contribution in [-0.2, 0) is 13.6 Å². The molecule has 2 aromatic rings. The van der Waals surface area contributed by atoms with E-state index in [1.807, 2.05) is 0 Å². The van der Waals surface area contributed by atoms with Gasteiger partial charge in [0.25, 0.3) is 5.56 Å². The van der Waals surface area contributed by atoms with Crippen LogP contribution in [0.1, 0.15) is 5.82 Å². The molecular formula is C8H9N5O2.